The number of ether oxygens (including phenoxy) is 2. The van der Waals surface area contributed by atoms with E-state index in [1.165, 1.54) is 19.2 Å². The van der Waals surface area contributed by atoms with Gasteiger partial charge in [-0.25, -0.2) is 4.79 Å². The highest BCUT2D eigenvalue weighted by molar-refractivity contribution is 6.04. The first-order valence-electron chi connectivity index (χ1n) is 11.8. The van der Waals surface area contributed by atoms with Gasteiger partial charge in [-0.05, 0) is 57.1 Å². The number of ketones is 1. The Morgan fingerprint density at radius 2 is 1.85 bits per heavy atom. The number of aromatic hydroxyl groups is 1. The van der Waals surface area contributed by atoms with Crippen molar-refractivity contribution < 1.29 is 29.1 Å². The van der Waals surface area contributed by atoms with Crippen LogP contribution in [-0.2, 0) is 14.3 Å². The number of esters is 1. The molecule has 3 aliphatic rings. The molecule has 0 saturated heterocycles. The largest absolute Gasteiger partial charge is 0.500 e. The number of allylic oxidation sites excluding steroid dienone is 3. The summed E-state index contributed by atoms with van der Waals surface area (Å²) in [6, 6.07) is 2.67. The molecule has 182 valence electrons. The molecule has 9 nitrogen and oxygen atoms in total. The van der Waals surface area contributed by atoms with E-state index >= 15 is 0 Å². The fraction of sp³-hybridized carbons (Fsp3) is 0.520. The van der Waals surface area contributed by atoms with Crippen LogP contribution in [0.5, 0.6) is 11.5 Å². The van der Waals surface area contributed by atoms with E-state index in [9.17, 15) is 24.8 Å². The third kappa shape index (κ3) is 4.51. The zero-order chi connectivity index (χ0) is 24.4. The molecule has 0 spiro atoms. The second-order valence-electron chi connectivity index (χ2n) is 9.13. The van der Waals surface area contributed by atoms with Gasteiger partial charge in [0.25, 0.3) is 0 Å². The maximum Gasteiger partial charge on any atom is 0.337 e. The van der Waals surface area contributed by atoms with Crippen LogP contribution in [0.25, 0.3) is 0 Å². The van der Waals surface area contributed by atoms with Crippen molar-refractivity contribution in [2.24, 2.45) is 0 Å². The molecule has 1 unspecified atom stereocenters. The first-order valence-corrected chi connectivity index (χ1v) is 11.8. The Labute approximate surface area is 198 Å². The molecular weight excluding hydrogens is 440 g/mol. The minimum atomic E-state index is -0.851. The number of carbonyl (C=O) groups is 2. The number of phenolic OH excluding ortho intramolecular Hbond substituents is 1. The molecule has 1 aliphatic heterocycles. The van der Waals surface area contributed by atoms with E-state index in [1.807, 2.05) is 0 Å². The second kappa shape index (κ2) is 9.87. The van der Waals surface area contributed by atoms with Gasteiger partial charge in [0.05, 0.1) is 17.6 Å². The monoisotopic (exact) mass is 470 g/mol. The lowest BCUT2D eigenvalue weighted by molar-refractivity contribution is -0.386. The van der Waals surface area contributed by atoms with E-state index in [1.54, 1.807) is 6.92 Å². The molecule has 1 aromatic rings. The quantitative estimate of drug-likeness (QED) is 0.278. The van der Waals surface area contributed by atoms with Gasteiger partial charge < -0.3 is 19.9 Å². The van der Waals surface area contributed by atoms with E-state index in [4.69, 9.17) is 9.47 Å². The van der Waals surface area contributed by atoms with Crippen molar-refractivity contribution in [3.8, 4) is 11.5 Å². The number of nitrogens with zero attached hydrogens (tertiary/aromatic N) is 1. The summed E-state index contributed by atoms with van der Waals surface area (Å²) >= 11 is 0. The minimum Gasteiger partial charge on any atom is -0.500 e. The number of nitro groups is 1. The van der Waals surface area contributed by atoms with Gasteiger partial charge in [-0.1, -0.05) is 12.8 Å². The Kier molecular flexibility index (Phi) is 6.90. The van der Waals surface area contributed by atoms with Gasteiger partial charge in [0, 0.05) is 35.4 Å². The fourth-order valence-corrected chi connectivity index (χ4v) is 5.24. The Bertz CT molecular complexity index is 1080. The molecule has 1 aromatic carbocycles. The number of benzene rings is 1. The lowest BCUT2D eigenvalue weighted by Gasteiger charge is -2.34. The zero-order valence-corrected chi connectivity index (χ0v) is 19.5. The van der Waals surface area contributed by atoms with Gasteiger partial charge in [0.1, 0.15) is 6.10 Å². The lowest BCUT2D eigenvalue weighted by Crippen LogP contribution is -2.35. The SMILES string of the molecule is COc1cc(C2C(C(=O)OC3CCCCCC3)=C(C)NC3=C2C(=O)CCC3)cc([N+](=O)[O-])c1O. The van der Waals surface area contributed by atoms with Crippen LogP contribution >= 0.6 is 0 Å². The van der Waals surface area contributed by atoms with Crippen molar-refractivity contribution >= 4 is 17.4 Å². The van der Waals surface area contributed by atoms with Crippen LogP contribution < -0.4 is 10.1 Å². The van der Waals surface area contributed by atoms with E-state index in [2.05, 4.69) is 5.32 Å². The van der Waals surface area contributed by atoms with Crippen LogP contribution in [0.4, 0.5) is 5.69 Å². The summed E-state index contributed by atoms with van der Waals surface area (Å²) in [5, 5.41) is 25.1. The predicted octanol–water partition coefficient (Wildman–Crippen LogP) is 4.54. The molecule has 0 radical (unpaired) electrons. The zero-order valence-electron chi connectivity index (χ0n) is 19.5. The van der Waals surface area contributed by atoms with Crippen molar-refractivity contribution in [1.82, 2.24) is 5.32 Å². The number of nitro benzene ring substituents is 1. The van der Waals surface area contributed by atoms with Gasteiger partial charge in [0.15, 0.2) is 11.5 Å². The summed E-state index contributed by atoms with van der Waals surface area (Å²) in [6.45, 7) is 1.76. The smallest absolute Gasteiger partial charge is 0.337 e. The average Bonchev–Trinajstić information content (AvgIpc) is 3.07. The van der Waals surface area contributed by atoms with Gasteiger partial charge in [0.2, 0.25) is 5.75 Å². The van der Waals surface area contributed by atoms with Crippen molar-refractivity contribution in [2.75, 3.05) is 7.11 Å². The predicted molar refractivity (Wildman–Crippen MR) is 123 cm³/mol. The second-order valence-corrected chi connectivity index (χ2v) is 9.13. The summed E-state index contributed by atoms with van der Waals surface area (Å²) in [5.74, 6) is -2.18. The molecule has 1 saturated carbocycles. The van der Waals surface area contributed by atoms with Crippen LogP contribution in [0.15, 0.2) is 34.7 Å². The first-order chi connectivity index (χ1) is 16.3. The van der Waals surface area contributed by atoms with Gasteiger partial charge in [-0.2, -0.15) is 0 Å². The molecule has 1 atom stereocenters. The Balaban J connectivity index is 1.82. The van der Waals surface area contributed by atoms with Crippen LogP contribution in [-0.4, -0.2) is 35.0 Å². The van der Waals surface area contributed by atoms with Gasteiger partial charge in [-0.15, -0.1) is 0 Å². The number of Topliss-reactive ketones (excluding diaryl/α,β-unsaturated/α-hetero) is 1. The summed E-state index contributed by atoms with van der Waals surface area (Å²) in [5.41, 5.74) is 1.75. The lowest BCUT2D eigenvalue weighted by atomic mass is 9.75. The van der Waals surface area contributed by atoms with Crippen LogP contribution in [0, 0.1) is 10.1 Å². The third-order valence-electron chi connectivity index (χ3n) is 6.90. The van der Waals surface area contributed by atoms with E-state index < -0.39 is 28.2 Å². The van der Waals surface area contributed by atoms with Crippen molar-refractivity contribution in [1.29, 1.82) is 0 Å². The Morgan fingerprint density at radius 3 is 2.50 bits per heavy atom. The molecule has 1 heterocycles. The van der Waals surface area contributed by atoms with Crippen molar-refractivity contribution in [3.63, 3.8) is 0 Å². The number of carbonyl (C=O) groups excluding carboxylic acids is 2. The summed E-state index contributed by atoms with van der Waals surface area (Å²) in [4.78, 5) is 37.5. The molecule has 0 amide bonds. The maximum absolute atomic E-state index is 13.5. The molecule has 1 fully saturated rings. The number of methoxy groups -OCH3 is 1. The molecule has 2 N–H and O–H groups in total. The summed E-state index contributed by atoms with van der Waals surface area (Å²) in [7, 11) is 1.30. The Hall–Kier alpha value is -3.36. The van der Waals surface area contributed by atoms with Crippen LogP contribution in [0.2, 0.25) is 0 Å². The summed E-state index contributed by atoms with van der Waals surface area (Å²) in [6.07, 6.45) is 7.25. The average molecular weight is 471 g/mol. The van der Waals surface area contributed by atoms with Crippen molar-refractivity contribution in [2.45, 2.75) is 76.7 Å². The number of dihydropyridines is 1. The van der Waals surface area contributed by atoms with Gasteiger partial charge >= 0.3 is 11.7 Å². The molecule has 2 aliphatic carbocycles. The number of hydrogen-bond acceptors (Lipinski definition) is 8. The van der Waals surface area contributed by atoms with Crippen LogP contribution in [0.1, 0.15) is 76.2 Å². The molecular formula is C25H30N2O7. The molecule has 0 aromatic heterocycles. The Morgan fingerprint density at radius 1 is 1.15 bits per heavy atom. The summed E-state index contributed by atoms with van der Waals surface area (Å²) < 4.78 is 11.1. The highest BCUT2D eigenvalue weighted by atomic mass is 16.6. The van der Waals surface area contributed by atoms with E-state index in [0.717, 1.165) is 44.2 Å². The van der Waals surface area contributed by atoms with E-state index in [0.29, 0.717) is 36.1 Å². The molecule has 9 heteroatoms. The molecule has 34 heavy (non-hydrogen) atoms. The van der Waals surface area contributed by atoms with Crippen molar-refractivity contribution in [3.05, 3.63) is 50.4 Å². The van der Waals surface area contributed by atoms with Crippen LogP contribution in [0.3, 0.4) is 0 Å². The first kappa shape index (κ1) is 23.8. The highest BCUT2D eigenvalue weighted by Crippen LogP contribution is 2.47. The molecule has 0 bridgehead atoms. The van der Waals surface area contributed by atoms with E-state index in [-0.39, 0.29) is 23.2 Å². The standard InChI is InChI=1S/C25H30N2O7/c1-14-21(25(30)34-16-8-5-3-4-6-9-16)22(23-17(26-14)10-7-11-19(23)28)15-12-18(27(31)32)24(29)20(13-15)33-2/h12-13,16,22,26,29H,3-11H2,1-2H3. The maximum atomic E-state index is 13.5. The highest BCUT2D eigenvalue weighted by Gasteiger charge is 2.41. The normalized spacial score (nSPS) is 21.5. The number of hydrogen-bond donors (Lipinski definition) is 2. The molecule has 4 rings (SSSR count). The number of phenols is 1. The topological polar surface area (TPSA) is 128 Å². The number of rotatable bonds is 5. The fourth-order valence-electron chi connectivity index (χ4n) is 5.24. The number of nitrogens with one attached hydrogen (secondary N) is 1. The van der Waals surface area contributed by atoms with Gasteiger partial charge in [-0.3, -0.25) is 14.9 Å². The third-order valence-corrected chi connectivity index (χ3v) is 6.90. The minimum absolute atomic E-state index is 0.0951.